The fourth-order valence-corrected chi connectivity index (χ4v) is 3.80. The van der Waals surface area contributed by atoms with E-state index in [0.29, 0.717) is 17.2 Å². The van der Waals surface area contributed by atoms with Crippen LogP contribution < -0.4 is 5.32 Å². The van der Waals surface area contributed by atoms with Crippen molar-refractivity contribution < 1.29 is 4.79 Å². The van der Waals surface area contributed by atoms with Crippen LogP contribution in [0.3, 0.4) is 0 Å². The summed E-state index contributed by atoms with van der Waals surface area (Å²) in [5.74, 6) is 1.23. The molecule has 1 amide bonds. The van der Waals surface area contributed by atoms with Gasteiger partial charge in [-0.3, -0.25) is 9.89 Å². The Morgan fingerprint density at radius 1 is 0.857 bits per heavy atom. The van der Waals surface area contributed by atoms with Crippen LogP contribution in [-0.4, -0.2) is 21.1 Å². The Balaban J connectivity index is 1.65. The zero-order valence-corrected chi connectivity index (χ0v) is 15.3. The molecule has 2 N–H and O–H groups in total. The molecule has 1 aliphatic heterocycles. The number of carbonyl (C=O) groups excluding carboxylic acids is 1. The van der Waals surface area contributed by atoms with E-state index in [1.807, 2.05) is 60.7 Å². The number of benzene rings is 3. The standard InChI is InChI=1S/C23H18N4O/c1-14-8-5-6-11-16(14)20-19-17(12-7-13-18(19)23(28)24-20)22-25-21(26-27-22)15-9-3-2-4-10-15/h2-13,20H,1H3,(H,24,28)(H,25,26,27). The first kappa shape index (κ1) is 16.4. The van der Waals surface area contributed by atoms with Crippen LogP contribution in [0.1, 0.15) is 33.1 Å². The predicted molar refractivity (Wildman–Crippen MR) is 108 cm³/mol. The fourth-order valence-electron chi connectivity index (χ4n) is 3.80. The number of H-pyrrole nitrogens is 1. The van der Waals surface area contributed by atoms with Crippen molar-refractivity contribution in [1.82, 2.24) is 20.5 Å². The van der Waals surface area contributed by atoms with E-state index < -0.39 is 0 Å². The molecule has 0 saturated carbocycles. The van der Waals surface area contributed by atoms with E-state index in [-0.39, 0.29) is 11.9 Å². The number of amides is 1. The molecule has 1 aliphatic rings. The lowest BCUT2D eigenvalue weighted by Gasteiger charge is -2.17. The van der Waals surface area contributed by atoms with E-state index in [1.54, 1.807) is 0 Å². The molecule has 0 radical (unpaired) electrons. The quantitative estimate of drug-likeness (QED) is 0.568. The molecular formula is C23H18N4O. The Hall–Kier alpha value is -3.73. The maximum Gasteiger partial charge on any atom is 0.252 e. The van der Waals surface area contributed by atoms with Gasteiger partial charge in [-0.25, -0.2) is 4.98 Å². The highest BCUT2D eigenvalue weighted by molar-refractivity contribution is 6.01. The number of rotatable bonds is 3. The van der Waals surface area contributed by atoms with Crippen molar-refractivity contribution in [3.63, 3.8) is 0 Å². The molecule has 0 fully saturated rings. The Morgan fingerprint density at radius 3 is 2.43 bits per heavy atom. The Bertz CT molecular complexity index is 1180. The molecule has 5 rings (SSSR count). The number of hydrogen-bond acceptors (Lipinski definition) is 3. The van der Waals surface area contributed by atoms with E-state index >= 15 is 0 Å². The average molecular weight is 366 g/mol. The van der Waals surface area contributed by atoms with Crippen LogP contribution in [0, 0.1) is 6.92 Å². The zero-order chi connectivity index (χ0) is 19.1. The van der Waals surface area contributed by atoms with Crippen molar-refractivity contribution in [2.45, 2.75) is 13.0 Å². The van der Waals surface area contributed by atoms with Gasteiger partial charge in [-0.1, -0.05) is 66.7 Å². The molecule has 5 heteroatoms. The van der Waals surface area contributed by atoms with Crippen molar-refractivity contribution >= 4 is 5.91 Å². The number of aryl methyl sites for hydroxylation is 1. The largest absolute Gasteiger partial charge is 0.341 e. The van der Waals surface area contributed by atoms with Crippen LogP contribution in [0.15, 0.2) is 72.8 Å². The van der Waals surface area contributed by atoms with E-state index in [9.17, 15) is 4.79 Å². The maximum absolute atomic E-state index is 12.6. The summed E-state index contributed by atoms with van der Waals surface area (Å²) in [4.78, 5) is 17.3. The third-order valence-corrected chi connectivity index (χ3v) is 5.19. The van der Waals surface area contributed by atoms with Gasteiger partial charge in [0.05, 0.1) is 6.04 Å². The lowest BCUT2D eigenvalue weighted by molar-refractivity contribution is 0.0960. The summed E-state index contributed by atoms with van der Waals surface area (Å²) in [5, 5.41) is 10.6. The summed E-state index contributed by atoms with van der Waals surface area (Å²) < 4.78 is 0. The number of nitrogens with one attached hydrogen (secondary N) is 2. The number of aromatic amines is 1. The molecule has 2 heterocycles. The molecule has 5 nitrogen and oxygen atoms in total. The van der Waals surface area contributed by atoms with Gasteiger partial charge < -0.3 is 5.32 Å². The Morgan fingerprint density at radius 2 is 1.61 bits per heavy atom. The van der Waals surface area contributed by atoms with Crippen molar-refractivity contribution in [2.24, 2.45) is 0 Å². The molecule has 1 aromatic heterocycles. The predicted octanol–water partition coefficient (Wildman–Crippen LogP) is 4.28. The van der Waals surface area contributed by atoms with E-state index in [2.05, 4.69) is 34.6 Å². The Labute approximate surface area is 162 Å². The molecule has 0 bridgehead atoms. The van der Waals surface area contributed by atoms with Crippen LogP contribution in [-0.2, 0) is 0 Å². The van der Waals surface area contributed by atoms with Gasteiger partial charge in [0, 0.05) is 22.3 Å². The van der Waals surface area contributed by atoms with Crippen LogP contribution in [0.5, 0.6) is 0 Å². The first-order chi connectivity index (χ1) is 13.7. The van der Waals surface area contributed by atoms with Gasteiger partial charge >= 0.3 is 0 Å². The molecule has 4 aromatic rings. The van der Waals surface area contributed by atoms with Crippen LogP contribution >= 0.6 is 0 Å². The summed E-state index contributed by atoms with van der Waals surface area (Å²) in [6.45, 7) is 2.06. The van der Waals surface area contributed by atoms with Crippen molar-refractivity contribution in [3.05, 3.63) is 95.1 Å². The molecule has 0 spiro atoms. The van der Waals surface area contributed by atoms with Crippen LogP contribution in [0.4, 0.5) is 0 Å². The number of aromatic nitrogens is 3. The lowest BCUT2D eigenvalue weighted by Crippen LogP contribution is -2.20. The topological polar surface area (TPSA) is 70.7 Å². The van der Waals surface area contributed by atoms with Gasteiger partial charge in [-0.2, -0.15) is 5.10 Å². The third-order valence-electron chi connectivity index (χ3n) is 5.19. The van der Waals surface area contributed by atoms with Crippen molar-refractivity contribution in [3.8, 4) is 22.8 Å². The molecule has 0 aliphatic carbocycles. The van der Waals surface area contributed by atoms with Crippen LogP contribution in [0.25, 0.3) is 22.8 Å². The fraction of sp³-hybridized carbons (Fsp3) is 0.0870. The molecule has 0 saturated heterocycles. The SMILES string of the molecule is Cc1ccccc1C1NC(=O)c2cccc(-c3nc(-c4ccccc4)n[nH]3)c21. The van der Waals surface area contributed by atoms with Crippen molar-refractivity contribution in [2.75, 3.05) is 0 Å². The molecule has 1 atom stereocenters. The first-order valence-corrected chi connectivity index (χ1v) is 9.20. The van der Waals surface area contributed by atoms with Crippen molar-refractivity contribution in [1.29, 1.82) is 0 Å². The van der Waals surface area contributed by atoms with E-state index in [1.165, 1.54) is 0 Å². The highest BCUT2D eigenvalue weighted by atomic mass is 16.2. The second-order valence-electron chi connectivity index (χ2n) is 6.90. The number of fused-ring (bicyclic) bond motifs is 1. The second kappa shape index (κ2) is 6.46. The minimum absolute atomic E-state index is 0.0621. The first-order valence-electron chi connectivity index (χ1n) is 9.20. The van der Waals surface area contributed by atoms with Gasteiger partial charge in [-0.15, -0.1) is 0 Å². The summed E-state index contributed by atoms with van der Waals surface area (Å²) >= 11 is 0. The smallest absolute Gasteiger partial charge is 0.252 e. The maximum atomic E-state index is 12.6. The summed E-state index contributed by atoms with van der Waals surface area (Å²) in [7, 11) is 0. The molecular weight excluding hydrogens is 348 g/mol. The number of carbonyl (C=O) groups is 1. The highest BCUT2D eigenvalue weighted by Crippen LogP contribution is 2.38. The highest BCUT2D eigenvalue weighted by Gasteiger charge is 2.33. The molecule has 3 aromatic carbocycles. The van der Waals surface area contributed by atoms with Crippen LogP contribution in [0.2, 0.25) is 0 Å². The normalized spacial score (nSPS) is 15.3. The Kier molecular flexibility index (Phi) is 3.79. The summed E-state index contributed by atoms with van der Waals surface area (Å²) in [5.41, 5.74) is 5.69. The minimum Gasteiger partial charge on any atom is -0.341 e. The van der Waals surface area contributed by atoms with E-state index in [4.69, 9.17) is 4.98 Å². The average Bonchev–Trinajstić information content (AvgIpc) is 3.35. The van der Waals surface area contributed by atoms with E-state index in [0.717, 1.165) is 27.8 Å². The van der Waals surface area contributed by atoms with Gasteiger partial charge in [0.25, 0.3) is 5.91 Å². The van der Waals surface area contributed by atoms with Gasteiger partial charge in [0.1, 0.15) is 0 Å². The minimum atomic E-state index is -0.204. The molecule has 136 valence electrons. The summed E-state index contributed by atoms with van der Waals surface area (Å²) in [6.07, 6.45) is 0. The lowest BCUT2D eigenvalue weighted by atomic mass is 9.91. The van der Waals surface area contributed by atoms with Gasteiger partial charge in [0.15, 0.2) is 11.6 Å². The molecule has 1 unspecified atom stereocenters. The monoisotopic (exact) mass is 366 g/mol. The zero-order valence-electron chi connectivity index (χ0n) is 15.3. The van der Waals surface area contributed by atoms with Gasteiger partial charge in [-0.05, 0) is 24.1 Å². The third kappa shape index (κ3) is 2.60. The number of nitrogens with zero attached hydrogens (tertiary/aromatic N) is 2. The van der Waals surface area contributed by atoms with Gasteiger partial charge in [0.2, 0.25) is 0 Å². The molecule has 28 heavy (non-hydrogen) atoms. The summed E-state index contributed by atoms with van der Waals surface area (Å²) in [6, 6.07) is 23.5. The number of hydrogen-bond donors (Lipinski definition) is 2. The second-order valence-corrected chi connectivity index (χ2v) is 6.90.